The van der Waals surface area contributed by atoms with Crippen LogP contribution in [-0.2, 0) is 4.79 Å². The Balaban J connectivity index is 0.00000172. The summed E-state index contributed by atoms with van der Waals surface area (Å²) in [5.74, 6) is -0.266. The summed E-state index contributed by atoms with van der Waals surface area (Å²) in [7, 11) is 0. The third kappa shape index (κ3) is 5.85. The van der Waals surface area contributed by atoms with Crippen LogP contribution in [0.1, 0.15) is 45.7 Å². The first-order valence-corrected chi connectivity index (χ1v) is 7.16. The molecule has 0 fully saturated rings. The average molecular weight is 318 g/mol. The molecule has 0 aliphatic heterocycles. The summed E-state index contributed by atoms with van der Waals surface area (Å²) in [6.45, 7) is 11.1. The lowest BCUT2D eigenvalue weighted by molar-refractivity contribution is -0.119. The van der Waals surface area contributed by atoms with Gasteiger partial charge in [0.25, 0.3) is 0 Å². The molecule has 0 heterocycles. The zero-order valence-electron chi connectivity index (χ0n) is 12.3. The molecular weight excluding hydrogens is 297 g/mol. The van der Waals surface area contributed by atoms with Crippen LogP contribution >= 0.6 is 23.2 Å². The van der Waals surface area contributed by atoms with Gasteiger partial charge in [-0.3, -0.25) is 4.79 Å². The van der Waals surface area contributed by atoms with Crippen LogP contribution in [0.15, 0.2) is 24.3 Å². The second-order valence-electron chi connectivity index (χ2n) is 4.24. The maximum atomic E-state index is 11.2. The summed E-state index contributed by atoms with van der Waals surface area (Å²) in [6, 6.07) is 2.65. The fourth-order valence-electron chi connectivity index (χ4n) is 1.68. The van der Waals surface area contributed by atoms with Crippen molar-refractivity contribution in [3.8, 4) is 5.75 Å². The number of aromatic hydroxyl groups is 1. The van der Waals surface area contributed by atoms with Gasteiger partial charge in [-0.05, 0) is 25.5 Å². The molecule has 0 aliphatic rings. The predicted octanol–water partition coefficient (Wildman–Crippen LogP) is 4.87. The number of nitrogens with one attached hydrogen (secondary N) is 1. The molecular formula is C15H21Cl2NO2. The minimum absolute atomic E-state index is 0.0685. The molecule has 0 aromatic heterocycles. The van der Waals surface area contributed by atoms with Crippen molar-refractivity contribution in [2.24, 2.45) is 0 Å². The van der Waals surface area contributed by atoms with Crippen molar-refractivity contribution in [2.45, 2.75) is 40.2 Å². The van der Waals surface area contributed by atoms with E-state index in [-0.39, 0.29) is 16.7 Å². The van der Waals surface area contributed by atoms with Crippen LogP contribution in [0.5, 0.6) is 5.75 Å². The standard InChI is InChI=1S/C13H15Cl2NO2.C2H6/c1-7(2)4-12(16-8(3)17)10-5-9(14)6-11(15)13(10)18;1-2/h5-6,12,18H,1,4H2,2-3H3,(H,16,17);1-2H3. The molecule has 20 heavy (non-hydrogen) atoms. The van der Waals surface area contributed by atoms with Gasteiger partial charge in [-0.2, -0.15) is 0 Å². The van der Waals surface area contributed by atoms with Crippen molar-refractivity contribution in [1.29, 1.82) is 0 Å². The van der Waals surface area contributed by atoms with Gasteiger partial charge in [0.2, 0.25) is 5.91 Å². The van der Waals surface area contributed by atoms with Crippen molar-refractivity contribution in [1.82, 2.24) is 5.32 Å². The van der Waals surface area contributed by atoms with Crippen molar-refractivity contribution in [2.75, 3.05) is 0 Å². The number of hydrogen-bond donors (Lipinski definition) is 2. The van der Waals surface area contributed by atoms with E-state index >= 15 is 0 Å². The second-order valence-corrected chi connectivity index (χ2v) is 5.08. The highest BCUT2D eigenvalue weighted by Gasteiger charge is 2.19. The number of carbonyl (C=O) groups excluding carboxylic acids is 1. The van der Waals surface area contributed by atoms with Gasteiger partial charge >= 0.3 is 0 Å². The van der Waals surface area contributed by atoms with Crippen LogP contribution in [-0.4, -0.2) is 11.0 Å². The third-order valence-corrected chi connectivity index (χ3v) is 2.87. The number of rotatable bonds is 4. The first-order valence-electron chi connectivity index (χ1n) is 6.40. The van der Waals surface area contributed by atoms with Crippen LogP contribution in [0.4, 0.5) is 0 Å². The Hall–Kier alpha value is -1.19. The second kappa shape index (κ2) is 8.88. The number of amides is 1. The Kier molecular flexibility index (Phi) is 8.35. The molecule has 1 atom stereocenters. The highest BCUT2D eigenvalue weighted by molar-refractivity contribution is 6.35. The smallest absolute Gasteiger partial charge is 0.217 e. The molecule has 0 bridgehead atoms. The zero-order valence-corrected chi connectivity index (χ0v) is 13.8. The lowest BCUT2D eigenvalue weighted by Gasteiger charge is -2.20. The fourth-order valence-corrected chi connectivity index (χ4v) is 2.19. The maximum absolute atomic E-state index is 11.2. The number of carbonyl (C=O) groups is 1. The van der Waals surface area contributed by atoms with E-state index < -0.39 is 6.04 Å². The summed E-state index contributed by atoms with van der Waals surface area (Å²) in [5.41, 5.74) is 1.37. The van der Waals surface area contributed by atoms with Gasteiger partial charge < -0.3 is 10.4 Å². The van der Waals surface area contributed by atoms with E-state index in [1.807, 2.05) is 20.8 Å². The van der Waals surface area contributed by atoms with Crippen LogP contribution in [0.25, 0.3) is 0 Å². The predicted molar refractivity (Wildman–Crippen MR) is 85.5 cm³/mol. The molecule has 0 saturated heterocycles. The van der Waals surface area contributed by atoms with Gasteiger partial charge in [0.05, 0.1) is 11.1 Å². The van der Waals surface area contributed by atoms with Gasteiger partial charge in [0, 0.05) is 17.5 Å². The highest BCUT2D eigenvalue weighted by atomic mass is 35.5. The minimum atomic E-state index is -0.392. The van der Waals surface area contributed by atoms with Gasteiger partial charge in [0.1, 0.15) is 5.75 Å². The molecule has 112 valence electrons. The van der Waals surface area contributed by atoms with E-state index in [0.29, 0.717) is 17.0 Å². The Morgan fingerprint density at radius 1 is 1.35 bits per heavy atom. The lowest BCUT2D eigenvalue weighted by atomic mass is 9.99. The average Bonchev–Trinajstić information content (AvgIpc) is 2.34. The molecule has 3 nitrogen and oxygen atoms in total. The molecule has 0 spiro atoms. The van der Waals surface area contributed by atoms with Crippen molar-refractivity contribution in [3.63, 3.8) is 0 Å². The summed E-state index contributed by atoms with van der Waals surface area (Å²) in [6.07, 6.45) is 0.504. The van der Waals surface area contributed by atoms with Gasteiger partial charge in [-0.25, -0.2) is 0 Å². The number of benzene rings is 1. The molecule has 1 aromatic carbocycles. The number of hydrogen-bond acceptors (Lipinski definition) is 2. The third-order valence-electron chi connectivity index (χ3n) is 2.36. The normalized spacial score (nSPS) is 11.1. The Bertz CT molecular complexity index is 471. The Labute approximate surface area is 130 Å². The molecule has 0 saturated carbocycles. The number of halogens is 2. The van der Waals surface area contributed by atoms with Gasteiger partial charge in [-0.1, -0.05) is 42.6 Å². The van der Waals surface area contributed by atoms with E-state index in [1.165, 1.54) is 13.0 Å². The molecule has 2 N–H and O–H groups in total. The molecule has 5 heteroatoms. The highest BCUT2D eigenvalue weighted by Crippen LogP contribution is 2.36. The molecule has 1 aromatic rings. The SMILES string of the molecule is C=C(C)CC(NC(C)=O)c1cc(Cl)cc(Cl)c1O.CC. The quantitative estimate of drug-likeness (QED) is 0.778. The van der Waals surface area contributed by atoms with Crippen molar-refractivity contribution < 1.29 is 9.90 Å². The van der Waals surface area contributed by atoms with E-state index in [1.54, 1.807) is 6.07 Å². The lowest BCUT2D eigenvalue weighted by Crippen LogP contribution is -2.26. The topological polar surface area (TPSA) is 49.3 Å². The van der Waals surface area contributed by atoms with Crippen LogP contribution in [0.2, 0.25) is 10.0 Å². The monoisotopic (exact) mass is 317 g/mol. The van der Waals surface area contributed by atoms with Crippen molar-refractivity contribution >= 4 is 29.1 Å². The molecule has 1 rings (SSSR count). The Morgan fingerprint density at radius 2 is 1.90 bits per heavy atom. The van der Waals surface area contributed by atoms with E-state index in [2.05, 4.69) is 11.9 Å². The molecule has 0 aliphatic carbocycles. The van der Waals surface area contributed by atoms with E-state index in [9.17, 15) is 9.90 Å². The summed E-state index contributed by atoms with van der Waals surface area (Å²) in [5, 5.41) is 13.3. The first kappa shape index (κ1) is 18.8. The Morgan fingerprint density at radius 3 is 2.35 bits per heavy atom. The summed E-state index contributed by atoms with van der Waals surface area (Å²) in [4.78, 5) is 11.2. The maximum Gasteiger partial charge on any atom is 0.217 e. The zero-order chi connectivity index (χ0) is 15.9. The number of phenolic OH excluding ortho intramolecular Hbond substituents is 1. The fraction of sp³-hybridized carbons (Fsp3) is 0.400. The van der Waals surface area contributed by atoms with Crippen LogP contribution < -0.4 is 5.32 Å². The summed E-state index contributed by atoms with van der Waals surface area (Å²) >= 11 is 11.8. The minimum Gasteiger partial charge on any atom is -0.506 e. The largest absolute Gasteiger partial charge is 0.506 e. The summed E-state index contributed by atoms with van der Waals surface area (Å²) < 4.78 is 0. The molecule has 1 unspecified atom stereocenters. The molecule has 0 radical (unpaired) electrons. The van der Waals surface area contributed by atoms with Gasteiger partial charge in [0.15, 0.2) is 0 Å². The van der Waals surface area contributed by atoms with Crippen LogP contribution in [0.3, 0.4) is 0 Å². The van der Waals surface area contributed by atoms with E-state index in [0.717, 1.165) is 5.57 Å². The van der Waals surface area contributed by atoms with E-state index in [4.69, 9.17) is 23.2 Å². The van der Waals surface area contributed by atoms with Crippen molar-refractivity contribution in [3.05, 3.63) is 39.9 Å². The molecule has 1 amide bonds. The van der Waals surface area contributed by atoms with Crippen LogP contribution in [0, 0.1) is 0 Å². The number of phenols is 1. The van der Waals surface area contributed by atoms with Gasteiger partial charge in [-0.15, -0.1) is 6.58 Å². The first-order chi connectivity index (χ1) is 9.31.